The molecular formula is C16H17N3O2S. The second-order valence-corrected chi connectivity index (χ2v) is 6.69. The summed E-state index contributed by atoms with van der Waals surface area (Å²) in [5, 5.41) is 0.955. The quantitative estimate of drug-likeness (QED) is 0.745. The minimum absolute atomic E-state index is 0.343. The number of hydrogen-bond acceptors (Lipinski definition) is 5. The molecule has 0 amide bonds. The average Bonchev–Trinajstić information content (AvgIpc) is 3.01. The summed E-state index contributed by atoms with van der Waals surface area (Å²) in [6, 6.07) is 6.33. The van der Waals surface area contributed by atoms with Crippen molar-refractivity contribution in [2.45, 2.75) is 19.4 Å². The van der Waals surface area contributed by atoms with Crippen molar-refractivity contribution in [2.24, 2.45) is 0 Å². The van der Waals surface area contributed by atoms with Crippen molar-refractivity contribution in [3.8, 4) is 5.13 Å². The Morgan fingerprint density at radius 3 is 2.59 bits per heavy atom. The number of fused-ring (bicyclic) bond motifs is 1. The fraction of sp³-hybridized carbons (Fsp3) is 0.375. The molecule has 0 bridgehead atoms. The summed E-state index contributed by atoms with van der Waals surface area (Å²) in [5.41, 5.74) is 3.85. The van der Waals surface area contributed by atoms with Crippen molar-refractivity contribution in [3.63, 3.8) is 0 Å². The van der Waals surface area contributed by atoms with Gasteiger partial charge in [0.2, 0.25) is 0 Å². The number of thiazole rings is 1. The largest absolute Gasteiger partial charge is 0.375 e. The molecule has 22 heavy (non-hydrogen) atoms. The van der Waals surface area contributed by atoms with Crippen LogP contribution in [0.2, 0.25) is 0 Å². The van der Waals surface area contributed by atoms with Gasteiger partial charge < -0.3 is 9.47 Å². The molecule has 1 saturated heterocycles. The van der Waals surface area contributed by atoms with Gasteiger partial charge in [0.1, 0.15) is 5.60 Å². The van der Waals surface area contributed by atoms with Gasteiger partial charge >= 0.3 is 0 Å². The molecule has 0 unspecified atom stereocenters. The first kappa shape index (κ1) is 13.9. The van der Waals surface area contributed by atoms with Crippen LogP contribution in [0.15, 0.2) is 24.4 Å². The summed E-state index contributed by atoms with van der Waals surface area (Å²) in [4.78, 5) is 9.19. The molecule has 0 atom stereocenters. The van der Waals surface area contributed by atoms with Gasteiger partial charge in [-0.2, -0.15) is 4.98 Å². The van der Waals surface area contributed by atoms with Crippen LogP contribution in [0.5, 0.6) is 0 Å². The molecule has 0 spiro atoms. The molecule has 0 radical (unpaired) electrons. The van der Waals surface area contributed by atoms with Gasteiger partial charge in [-0.3, -0.25) is 4.57 Å². The van der Waals surface area contributed by atoms with E-state index in [1.54, 1.807) is 18.4 Å². The van der Waals surface area contributed by atoms with Crippen molar-refractivity contribution < 1.29 is 9.47 Å². The lowest BCUT2D eigenvalue weighted by molar-refractivity contribution is -0.202. The van der Waals surface area contributed by atoms with E-state index < -0.39 is 0 Å². The molecule has 114 valence electrons. The van der Waals surface area contributed by atoms with Crippen LogP contribution in [0.25, 0.3) is 15.5 Å². The molecule has 3 aromatic rings. The smallest absolute Gasteiger partial charge is 0.196 e. The Morgan fingerprint density at radius 2 is 2.00 bits per heavy atom. The Bertz CT molecular complexity index is 823. The van der Waals surface area contributed by atoms with Crippen molar-refractivity contribution >= 4 is 21.7 Å². The molecule has 5 nitrogen and oxygen atoms in total. The van der Waals surface area contributed by atoms with E-state index in [0.29, 0.717) is 13.2 Å². The minimum atomic E-state index is -0.343. The Balaban J connectivity index is 1.82. The van der Waals surface area contributed by atoms with Crippen molar-refractivity contribution in [1.29, 1.82) is 0 Å². The van der Waals surface area contributed by atoms with E-state index in [1.165, 1.54) is 11.4 Å². The number of aromatic nitrogens is 3. The Labute approximate surface area is 132 Å². The monoisotopic (exact) mass is 315 g/mol. The van der Waals surface area contributed by atoms with Crippen LogP contribution < -0.4 is 0 Å². The number of nitrogens with zero attached hydrogens (tertiary/aromatic N) is 3. The number of aryl methyl sites for hydroxylation is 2. The maximum absolute atomic E-state index is 5.64. The van der Waals surface area contributed by atoms with E-state index in [9.17, 15) is 0 Å². The molecular weight excluding hydrogens is 298 g/mol. The maximum Gasteiger partial charge on any atom is 0.196 e. The van der Waals surface area contributed by atoms with Crippen LogP contribution in [0.3, 0.4) is 0 Å². The first-order valence-corrected chi connectivity index (χ1v) is 8.00. The standard InChI is InChI=1S/C16H17N3O2S/c1-10-4-5-11(2)19(10)15-18-14-13(22-15)6-12(7-17-14)16(20-3)8-21-9-16/h4-7H,8-9H2,1-3H3. The van der Waals surface area contributed by atoms with Gasteiger partial charge in [-0.15, -0.1) is 0 Å². The van der Waals surface area contributed by atoms with Gasteiger partial charge in [-0.1, -0.05) is 11.3 Å². The summed E-state index contributed by atoms with van der Waals surface area (Å²) in [6.07, 6.45) is 1.85. The SMILES string of the molecule is COC1(c2cnc3nc(-n4c(C)ccc4C)sc3c2)COC1. The molecule has 1 aliphatic rings. The summed E-state index contributed by atoms with van der Waals surface area (Å²) in [7, 11) is 1.72. The van der Waals surface area contributed by atoms with E-state index in [2.05, 4.69) is 46.6 Å². The van der Waals surface area contributed by atoms with Gasteiger partial charge in [0.15, 0.2) is 10.8 Å². The van der Waals surface area contributed by atoms with Crippen molar-refractivity contribution in [1.82, 2.24) is 14.5 Å². The Kier molecular flexibility index (Phi) is 3.07. The highest BCUT2D eigenvalue weighted by atomic mass is 32.1. The molecule has 6 heteroatoms. The van der Waals surface area contributed by atoms with Crippen LogP contribution in [0.1, 0.15) is 17.0 Å². The van der Waals surface area contributed by atoms with Crippen molar-refractivity contribution in [3.05, 3.63) is 41.3 Å². The summed E-state index contributed by atoms with van der Waals surface area (Å²) >= 11 is 1.65. The topological polar surface area (TPSA) is 49.2 Å². The fourth-order valence-corrected chi connectivity index (χ4v) is 3.90. The van der Waals surface area contributed by atoms with E-state index in [1.807, 2.05) is 6.20 Å². The van der Waals surface area contributed by atoms with Crippen LogP contribution in [0.4, 0.5) is 0 Å². The molecule has 4 heterocycles. The van der Waals surface area contributed by atoms with Crippen molar-refractivity contribution in [2.75, 3.05) is 20.3 Å². The predicted molar refractivity (Wildman–Crippen MR) is 85.7 cm³/mol. The third-order valence-corrected chi connectivity index (χ3v) is 5.26. The predicted octanol–water partition coefficient (Wildman–Crippen LogP) is 2.97. The lowest BCUT2D eigenvalue weighted by atomic mass is 9.93. The highest BCUT2D eigenvalue weighted by Crippen LogP contribution is 2.35. The Morgan fingerprint density at radius 1 is 1.27 bits per heavy atom. The highest BCUT2D eigenvalue weighted by molar-refractivity contribution is 7.20. The molecule has 3 aromatic heterocycles. The van der Waals surface area contributed by atoms with Gasteiger partial charge in [0.05, 0.1) is 17.9 Å². The maximum atomic E-state index is 5.64. The molecule has 0 saturated carbocycles. The van der Waals surface area contributed by atoms with Gasteiger partial charge in [-0.25, -0.2) is 4.98 Å². The van der Waals surface area contributed by atoms with Crippen LogP contribution >= 0.6 is 11.3 Å². The van der Waals surface area contributed by atoms with Gasteiger partial charge in [0, 0.05) is 30.3 Å². The fourth-order valence-electron chi connectivity index (χ4n) is 2.81. The summed E-state index contributed by atoms with van der Waals surface area (Å²) in [5.74, 6) is 0. The van der Waals surface area contributed by atoms with Gasteiger partial charge in [0.25, 0.3) is 0 Å². The zero-order chi connectivity index (χ0) is 15.3. The second kappa shape index (κ2) is 4.87. The molecule has 1 aliphatic heterocycles. The lowest BCUT2D eigenvalue weighted by Crippen LogP contribution is -2.48. The van der Waals surface area contributed by atoms with Crippen LogP contribution in [-0.2, 0) is 15.1 Å². The minimum Gasteiger partial charge on any atom is -0.375 e. The first-order valence-electron chi connectivity index (χ1n) is 7.18. The molecule has 4 rings (SSSR count). The number of methoxy groups -OCH3 is 1. The summed E-state index contributed by atoms with van der Waals surface area (Å²) in [6.45, 7) is 5.34. The third kappa shape index (κ3) is 1.91. The number of hydrogen-bond donors (Lipinski definition) is 0. The average molecular weight is 315 g/mol. The van der Waals surface area contributed by atoms with E-state index in [-0.39, 0.29) is 5.60 Å². The van der Waals surface area contributed by atoms with Crippen LogP contribution in [-0.4, -0.2) is 34.9 Å². The molecule has 0 aliphatic carbocycles. The normalized spacial score (nSPS) is 16.9. The Hall–Kier alpha value is -1.76. The number of pyridine rings is 1. The molecule has 1 fully saturated rings. The molecule has 0 aromatic carbocycles. The third-order valence-electron chi connectivity index (χ3n) is 4.29. The number of ether oxygens (including phenoxy) is 2. The zero-order valence-corrected chi connectivity index (χ0v) is 13.6. The second-order valence-electron chi connectivity index (χ2n) is 5.68. The molecule has 0 N–H and O–H groups in total. The zero-order valence-electron chi connectivity index (χ0n) is 12.8. The van der Waals surface area contributed by atoms with Gasteiger partial charge in [-0.05, 0) is 32.0 Å². The number of rotatable bonds is 3. The lowest BCUT2D eigenvalue weighted by Gasteiger charge is -2.40. The van der Waals surface area contributed by atoms with Crippen LogP contribution in [0, 0.1) is 13.8 Å². The van der Waals surface area contributed by atoms with E-state index in [0.717, 1.165) is 21.0 Å². The van der Waals surface area contributed by atoms with E-state index in [4.69, 9.17) is 9.47 Å². The first-order chi connectivity index (χ1) is 10.6. The highest BCUT2D eigenvalue weighted by Gasteiger charge is 2.41. The summed E-state index contributed by atoms with van der Waals surface area (Å²) < 4.78 is 14.2. The van der Waals surface area contributed by atoms with E-state index >= 15 is 0 Å².